The van der Waals surface area contributed by atoms with E-state index < -0.39 is 59.7 Å². The van der Waals surface area contributed by atoms with Crippen molar-refractivity contribution in [2.24, 2.45) is 0 Å². The van der Waals surface area contributed by atoms with Gasteiger partial charge in [-0.2, -0.15) is 48.2 Å². The molecular weight excluding hydrogens is 668 g/mol. The number of hydrogen-bond acceptors (Lipinski definition) is 9. The fourth-order valence-corrected chi connectivity index (χ4v) is 5.18. The molecule has 2 heterocycles. The quantitative estimate of drug-likeness (QED) is 0.126. The van der Waals surface area contributed by atoms with Crippen LogP contribution in [0.15, 0.2) is 77.9 Å². The topological polar surface area (TPSA) is 135 Å². The standard InChI is InChI=1S/C25H12ClF6N3O7S2/c26-17-6-3-7-20(41-43(37,38)24(27,28)29)21(17)13-8-9-16-18(10-13)34-23(42-44(39,40)25(30,31)32)35(22(16)36)19-12-33-11-14-4-1-2-5-15(14)19/h1-12H. The van der Waals surface area contributed by atoms with Crippen molar-refractivity contribution in [2.45, 2.75) is 11.0 Å². The van der Waals surface area contributed by atoms with Crippen LogP contribution in [0, 0.1) is 0 Å². The lowest BCUT2D eigenvalue weighted by molar-refractivity contribution is -0.0506. The maximum absolute atomic E-state index is 13.7. The first-order chi connectivity index (χ1) is 20.4. The van der Waals surface area contributed by atoms with Crippen molar-refractivity contribution in [2.75, 3.05) is 0 Å². The number of hydrogen-bond donors (Lipinski definition) is 0. The van der Waals surface area contributed by atoms with E-state index in [1.807, 2.05) is 0 Å². The van der Waals surface area contributed by atoms with E-state index in [2.05, 4.69) is 18.3 Å². The molecule has 0 amide bonds. The SMILES string of the molecule is O=c1c2ccc(-c3c(Cl)cccc3OS(=O)(=O)C(F)(F)F)cc2nc(OS(=O)(=O)C(F)(F)F)n1-c1cncc2ccccc12. The molecule has 2 aromatic heterocycles. The van der Waals surface area contributed by atoms with Gasteiger partial charge in [0, 0.05) is 22.5 Å². The van der Waals surface area contributed by atoms with Crippen LogP contribution >= 0.6 is 11.6 Å². The van der Waals surface area contributed by atoms with Gasteiger partial charge in [-0.3, -0.25) is 9.78 Å². The largest absolute Gasteiger partial charge is 0.534 e. The Labute approximate surface area is 247 Å². The summed E-state index contributed by atoms with van der Waals surface area (Å²) in [6.45, 7) is 0. The van der Waals surface area contributed by atoms with Crippen molar-refractivity contribution in [3.05, 3.63) is 88.4 Å². The van der Waals surface area contributed by atoms with Gasteiger partial charge in [0.1, 0.15) is 0 Å². The molecule has 0 radical (unpaired) electrons. The minimum absolute atomic E-state index is 0.196. The zero-order chi connectivity index (χ0) is 32.2. The predicted molar refractivity (Wildman–Crippen MR) is 144 cm³/mol. The van der Waals surface area contributed by atoms with Gasteiger partial charge in [0.25, 0.3) is 5.56 Å². The fourth-order valence-electron chi connectivity index (χ4n) is 4.03. The Morgan fingerprint density at radius 3 is 2.11 bits per heavy atom. The highest BCUT2D eigenvalue weighted by Gasteiger charge is 2.50. The number of rotatable bonds is 6. The average Bonchev–Trinajstić information content (AvgIpc) is 2.91. The molecule has 0 N–H and O–H groups in total. The van der Waals surface area contributed by atoms with Crippen LogP contribution in [0.2, 0.25) is 5.02 Å². The summed E-state index contributed by atoms with van der Waals surface area (Å²) in [5, 5.41) is 0.0128. The van der Waals surface area contributed by atoms with Gasteiger partial charge in [0.2, 0.25) is 0 Å². The van der Waals surface area contributed by atoms with Crippen LogP contribution in [0.4, 0.5) is 26.3 Å². The molecule has 5 rings (SSSR count). The summed E-state index contributed by atoms with van der Waals surface area (Å²) in [6, 6.07) is 11.0. The molecule has 0 fully saturated rings. The molecule has 5 aromatic rings. The van der Waals surface area contributed by atoms with E-state index >= 15 is 0 Å². The van der Waals surface area contributed by atoms with Gasteiger partial charge in [-0.15, -0.1) is 0 Å². The molecule has 0 bridgehead atoms. The Kier molecular flexibility index (Phi) is 7.50. The molecule has 0 aliphatic rings. The second kappa shape index (κ2) is 10.6. The molecule has 0 spiro atoms. The first-order valence-corrected chi connectivity index (χ1v) is 14.8. The lowest BCUT2D eigenvalue weighted by Crippen LogP contribution is -2.31. The van der Waals surface area contributed by atoms with Gasteiger partial charge in [-0.1, -0.05) is 48.0 Å². The highest BCUT2D eigenvalue weighted by Crippen LogP contribution is 2.40. The first-order valence-electron chi connectivity index (χ1n) is 11.6. The van der Waals surface area contributed by atoms with Crippen molar-refractivity contribution < 1.29 is 51.5 Å². The van der Waals surface area contributed by atoms with Gasteiger partial charge < -0.3 is 8.37 Å². The third-order valence-corrected chi connectivity index (χ3v) is 8.16. The summed E-state index contributed by atoms with van der Waals surface area (Å²) in [6.07, 6.45) is 2.44. The molecule has 44 heavy (non-hydrogen) atoms. The fraction of sp³-hybridized carbons (Fsp3) is 0.0800. The minimum atomic E-state index is -6.39. The molecule has 3 aromatic carbocycles. The summed E-state index contributed by atoms with van der Waals surface area (Å²) in [5.41, 5.74) is -14.2. The summed E-state index contributed by atoms with van der Waals surface area (Å²) in [5.74, 6) is -0.888. The summed E-state index contributed by atoms with van der Waals surface area (Å²) < 4.78 is 135. The van der Waals surface area contributed by atoms with Crippen molar-refractivity contribution in [3.8, 4) is 28.6 Å². The maximum atomic E-state index is 13.7. The van der Waals surface area contributed by atoms with Gasteiger partial charge in [0.15, 0.2) is 5.75 Å². The number of alkyl halides is 6. The van der Waals surface area contributed by atoms with Gasteiger partial charge in [-0.25, -0.2) is 4.57 Å². The van der Waals surface area contributed by atoms with Gasteiger partial charge >= 0.3 is 37.3 Å². The minimum Gasteiger partial charge on any atom is -0.375 e. The third kappa shape index (κ3) is 5.50. The van der Waals surface area contributed by atoms with E-state index in [-0.39, 0.29) is 27.0 Å². The molecule has 19 heteroatoms. The molecular formula is C25H12ClF6N3O7S2. The van der Waals surface area contributed by atoms with Crippen LogP contribution in [0.5, 0.6) is 11.8 Å². The predicted octanol–water partition coefficient (Wildman–Crippen LogP) is 5.71. The Hall–Kier alpha value is -4.42. The third-order valence-electron chi connectivity index (χ3n) is 5.94. The maximum Gasteiger partial charge on any atom is 0.534 e. The first kappa shape index (κ1) is 31.0. The Morgan fingerprint density at radius 1 is 0.773 bits per heavy atom. The number of nitrogens with zero attached hydrogens (tertiary/aromatic N) is 3. The monoisotopic (exact) mass is 679 g/mol. The average molecular weight is 680 g/mol. The van der Waals surface area contributed by atoms with Crippen molar-refractivity contribution in [3.63, 3.8) is 0 Å². The second-order valence-corrected chi connectivity index (χ2v) is 12.2. The van der Waals surface area contributed by atoms with Gasteiger partial charge in [0.05, 0.1) is 27.8 Å². The van der Waals surface area contributed by atoms with E-state index in [0.717, 1.165) is 42.6 Å². The van der Waals surface area contributed by atoms with Crippen LogP contribution in [-0.2, 0) is 20.2 Å². The molecule has 0 aliphatic heterocycles. The van der Waals surface area contributed by atoms with Crippen LogP contribution in [-0.4, -0.2) is 42.4 Å². The lowest BCUT2D eigenvalue weighted by atomic mass is 10.0. The Balaban J connectivity index is 1.79. The number of halogens is 7. The van der Waals surface area contributed by atoms with E-state index in [0.29, 0.717) is 9.95 Å². The van der Waals surface area contributed by atoms with Crippen LogP contribution in [0.1, 0.15) is 0 Å². The molecule has 0 unspecified atom stereocenters. The van der Waals surface area contributed by atoms with Crippen molar-refractivity contribution in [1.29, 1.82) is 0 Å². The number of aromatic nitrogens is 3. The van der Waals surface area contributed by atoms with Crippen LogP contribution in [0.25, 0.3) is 38.5 Å². The smallest absolute Gasteiger partial charge is 0.375 e. The molecule has 0 atom stereocenters. The molecule has 0 saturated carbocycles. The summed E-state index contributed by atoms with van der Waals surface area (Å²) in [4.78, 5) is 21.5. The molecule has 10 nitrogen and oxygen atoms in total. The zero-order valence-electron chi connectivity index (χ0n) is 21.1. The van der Waals surface area contributed by atoms with Gasteiger partial charge in [-0.05, 0) is 29.8 Å². The zero-order valence-corrected chi connectivity index (χ0v) is 23.5. The number of pyridine rings is 1. The van der Waals surface area contributed by atoms with Crippen molar-refractivity contribution in [1.82, 2.24) is 14.5 Å². The lowest BCUT2D eigenvalue weighted by Gasteiger charge is -2.17. The van der Waals surface area contributed by atoms with Crippen LogP contribution < -0.4 is 13.9 Å². The van der Waals surface area contributed by atoms with E-state index in [9.17, 15) is 48.0 Å². The Morgan fingerprint density at radius 2 is 1.43 bits per heavy atom. The number of benzene rings is 3. The highest BCUT2D eigenvalue weighted by atomic mass is 35.5. The Bertz CT molecular complexity index is 2230. The highest BCUT2D eigenvalue weighted by molar-refractivity contribution is 7.88. The summed E-state index contributed by atoms with van der Waals surface area (Å²) >= 11 is 6.14. The molecule has 230 valence electrons. The molecule has 0 saturated heterocycles. The molecule has 0 aliphatic carbocycles. The van der Waals surface area contributed by atoms with E-state index in [4.69, 9.17) is 11.6 Å². The number of fused-ring (bicyclic) bond motifs is 2. The van der Waals surface area contributed by atoms with Crippen molar-refractivity contribution >= 4 is 53.5 Å². The second-order valence-electron chi connectivity index (χ2n) is 8.73. The van der Waals surface area contributed by atoms with E-state index in [1.165, 1.54) is 18.3 Å². The summed E-state index contributed by atoms with van der Waals surface area (Å²) in [7, 11) is -12.6. The van der Waals surface area contributed by atoms with Crippen LogP contribution in [0.3, 0.4) is 0 Å². The van der Waals surface area contributed by atoms with E-state index in [1.54, 1.807) is 12.1 Å². The normalized spacial score (nSPS) is 12.9.